The third kappa shape index (κ3) is 4.58. The molecule has 0 aliphatic carbocycles. The Balaban J connectivity index is 1.64. The van der Waals surface area contributed by atoms with Crippen molar-refractivity contribution in [3.63, 3.8) is 0 Å². The molecule has 0 bridgehead atoms. The summed E-state index contributed by atoms with van der Waals surface area (Å²) in [5, 5.41) is 4.52. The molecule has 0 N–H and O–H groups in total. The van der Waals surface area contributed by atoms with E-state index >= 15 is 0 Å². The number of likely N-dealkylation sites (tertiary alicyclic amines) is 1. The lowest BCUT2D eigenvalue weighted by molar-refractivity contribution is -0.133. The van der Waals surface area contributed by atoms with Crippen molar-refractivity contribution in [3.05, 3.63) is 66.1 Å². The highest BCUT2D eigenvalue weighted by Gasteiger charge is 2.23. The first kappa shape index (κ1) is 20.6. The summed E-state index contributed by atoms with van der Waals surface area (Å²) in [5.74, 6) is -0.625. The van der Waals surface area contributed by atoms with Gasteiger partial charge in [-0.25, -0.2) is 13.9 Å². The fourth-order valence-electron chi connectivity index (χ4n) is 3.50. The number of methoxy groups -OCH3 is 1. The van der Waals surface area contributed by atoms with Crippen LogP contribution in [-0.2, 0) is 9.53 Å². The number of halogens is 1. The lowest BCUT2D eigenvalue weighted by atomic mass is 10.1. The van der Waals surface area contributed by atoms with Gasteiger partial charge in [0.25, 0.3) is 5.91 Å². The molecule has 31 heavy (non-hydrogen) atoms. The van der Waals surface area contributed by atoms with Gasteiger partial charge in [-0.05, 0) is 49.2 Å². The molecule has 8 heteroatoms. The van der Waals surface area contributed by atoms with Gasteiger partial charge in [0.15, 0.2) is 6.61 Å². The van der Waals surface area contributed by atoms with E-state index in [9.17, 15) is 14.0 Å². The molecule has 1 aliphatic rings. The topological polar surface area (TPSA) is 73.7 Å². The van der Waals surface area contributed by atoms with Crippen LogP contribution in [-0.4, -0.2) is 53.4 Å². The quantitative estimate of drug-likeness (QED) is 0.568. The van der Waals surface area contributed by atoms with Gasteiger partial charge in [0.2, 0.25) is 0 Å². The van der Waals surface area contributed by atoms with Gasteiger partial charge in [-0.15, -0.1) is 0 Å². The maximum absolute atomic E-state index is 13.3. The first-order valence-corrected chi connectivity index (χ1v) is 10.00. The SMILES string of the molecule is COc1cccc(-c2nn(-c3ccc(F)cc3)cc2C(=O)OCC(=O)N2CCCC2)c1. The molecule has 0 radical (unpaired) electrons. The molecule has 1 aliphatic heterocycles. The molecule has 0 spiro atoms. The van der Waals surface area contributed by atoms with E-state index in [0.29, 0.717) is 35.8 Å². The zero-order valence-corrected chi connectivity index (χ0v) is 17.1. The van der Waals surface area contributed by atoms with Gasteiger partial charge >= 0.3 is 5.97 Å². The molecule has 1 aromatic heterocycles. The Morgan fingerprint density at radius 2 is 1.84 bits per heavy atom. The number of hydrogen-bond acceptors (Lipinski definition) is 5. The Labute approximate surface area is 179 Å². The number of hydrogen-bond donors (Lipinski definition) is 0. The fraction of sp³-hybridized carbons (Fsp3) is 0.261. The van der Waals surface area contributed by atoms with Crippen LogP contribution in [0.1, 0.15) is 23.2 Å². The largest absolute Gasteiger partial charge is 0.497 e. The van der Waals surface area contributed by atoms with E-state index in [-0.39, 0.29) is 23.9 Å². The standard InChI is InChI=1S/C23H22FN3O4/c1-30-19-6-4-5-16(13-19)22-20(14-27(25-22)18-9-7-17(24)8-10-18)23(29)31-15-21(28)26-11-2-3-12-26/h4-10,13-14H,2-3,11-12,15H2,1H3. The first-order chi connectivity index (χ1) is 15.0. The Morgan fingerprint density at radius 3 is 2.55 bits per heavy atom. The van der Waals surface area contributed by atoms with Gasteiger partial charge in [0.1, 0.15) is 22.8 Å². The van der Waals surface area contributed by atoms with Crippen molar-refractivity contribution in [1.82, 2.24) is 14.7 Å². The smallest absolute Gasteiger partial charge is 0.342 e. The number of esters is 1. The van der Waals surface area contributed by atoms with Crippen molar-refractivity contribution in [2.45, 2.75) is 12.8 Å². The maximum Gasteiger partial charge on any atom is 0.342 e. The number of carbonyl (C=O) groups is 2. The number of benzene rings is 2. The van der Waals surface area contributed by atoms with Crippen LogP contribution in [0.5, 0.6) is 5.75 Å². The molecule has 4 rings (SSSR count). The third-order valence-corrected chi connectivity index (χ3v) is 5.15. The van der Waals surface area contributed by atoms with Crippen molar-refractivity contribution in [1.29, 1.82) is 0 Å². The normalized spacial score (nSPS) is 13.3. The summed E-state index contributed by atoms with van der Waals surface area (Å²) in [6.45, 7) is 1.06. The second-order valence-corrected chi connectivity index (χ2v) is 7.21. The predicted molar refractivity (Wildman–Crippen MR) is 112 cm³/mol. The lowest BCUT2D eigenvalue weighted by Crippen LogP contribution is -2.32. The highest BCUT2D eigenvalue weighted by Crippen LogP contribution is 2.27. The fourth-order valence-corrected chi connectivity index (χ4v) is 3.50. The number of carbonyl (C=O) groups excluding carboxylic acids is 2. The van der Waals surface area contributed by atoms with Crippen LogP contribution >= 0.6 is 0 Å². The zero-order chi connectivity index (χ0) is 21.8. The number of rotatable bonds is 6. The highest BCUT2D eigenvalue weighted by molar-refractivity contribution is 5.97. The van der Waals surface area contributed by atoms with Crippen molar-refractivity contribution in [2.75, 3.05) is 26.8 Å². The molecule has 3 aromatic rings. The van der Waals surface area contributed by atoms with Gasteiger partial charge in [-0.2, -0.15) is 5.10 Å². The van der Waals surface area contributed by atoms with Gasteiger partial charge < -0.3 is 14.4 Å². The summed E-state index contributed by atoms with van der Waals surface area (Å²) >= 11 is 0. The summed E-state index contributed by atoms with van der Waals surface area (Å²) in [6.07, 6.45) is 3.44. The van der Waals surface area contributed by atoms with Gasteiger partial charge in [0, 0.05) is 24.8 Å². The minimum Gasteiger partial charge on any atom is -0.497 e. The zero-order valence-electron chi connectivity index (χ0n) is 17.1. The van der Waals surface area contributed by atoms with Crippen molar-refractivity contribution in [3.8, 4) is 22.7 Å². The van der Waals surface area contributed by atoms with Gasteiger partial charge in [0.05, 0.1) is 12.8 Å². The monoisotopic (exact) mass is 423 g/mol. The molecule has 1 amide bonds. The van der Waals surface area contributed by atoms with Crippen molar-refractivity contribution < 1.29 is 23.5 Å². The summed E-state index contributed by atoms with van der Waals surface area (Å²) in [5.41, 5.74) is 1.81. The molecule has 160 valence electrons. The Hall–Kier alpha value is -3.68. The highest BCUT2D eigenvalue weighted by atomic mass is 19.1. The average molecular weight is 423 g/mol. The molecule has 0 atom stereocenters. The minimum atomic E-state index is -0.654. The Morgan fingerprint density at radius 1 is 1.10 bits per heavy atom. The van der Waals surface area contributed by atoms with E-state index in [0.717, 1.165) is 12.8 Å². The number of ether oxygens (including phenoxy) is 2. The van der Waals surface area contributed by atoms with Crippen LogP contribution in [0.3, 0.4) is 0 Å². The summed E-state index contributed by atoms with van der Waals surface area (Å²) in [7, 11) is 1.55. The van der Waals surface area contributed by atoms with Crippen LogP contribution in [0.25, 0.3) is 16.9 Å². The Kier molecular flexibility index (Phi) is 5.97. The van der Waals surface area contributed by atoms with Crippen LogP contribution in [0.15, 0.2) is 54.7 Å². The van der Waals surface area contributed by atoms with E-state index in [2.05, 4.69) is 5.10 Å². The summed E-state index contributed by atoms with van der Waals surface area (Å²) < 4.78 is 25.4. The second-order valence-electron chi connectivity index (χ2n) is 7.21. The molecule has 7 nitrogen and oxygen atoms in total. The minimum absolute atomic E-state index is 0.201. The number of amides is 1. The molecular weight excluding hydrogens is 401 g/mol. The number of aromatic nitrogens is 2. The van der Waals surface area contributed by atoms with E-state index in [4.69, 9.17) is 9.47 Å². The van der Waals surface area contributed by atoms with E-state index < -0.39 is 5.97 Å². The lowest BCUT2D eigenvalue weighted by Gasteiger charge is -2.14. The number of nitrogens with zero attached hydrogens (tertiary/aromatic N) is 3. The molecule has 0 unspecified atom stereocenters. The Bertz CT molecular complexity index is 1090. The second kappa shape index (κ2) is 8.99. The molecule has 1 fully saturated rings. The molecular formula is C23H22FN3O4. The van der Waals surface area contributed by atoms with Crippen LogP contribution in [0, 0.1) is 5.82 Å². The molecule has 2 aromatic carbocycles. The molecule has 2 heterocycles. The van der Waals surface area contributed by atoms with E-state index in [1.165, 1.54) is 23.0 Å². The first-order valence-electron chi connectivity index (χ1n) is 10.00. The van der Waals surface area contributed by atoms with E-state index in [1.54, 1.807) is 48.4 Å². The van der Waals surface area contributed by atoms with Gasteiger partial charge in [-0.3, -0.25) is 4.79 Å². The summed E-state index contributed by atoms with van der Waals surface area (Å²) in [4.78, 5) is 26.8. The van der Waals surface area contributed by atoms with Crippen LogP contribution in [0.4, 0.5) is 4.39 Å². The summed E-state index contributed by atoms with van der Waals surface area (Å²) in [6, 6.07) is 12.9. The van der Waals surface area contributed by atoms with Crippen LogP contribution in [0.2, 0.25) is 0 Å². The predicted octanol–water partition coefficient (Wildman–Crippen LogP) is 3.47. The van der Waals surface area contributed by atoms with Crippen molar-refractivity contribution >= 4 is 11.9 Å². The van der Waals surface area contributed by atoms with Crippen molar-refractivity contribution in [2.24, 2.45) is 0 Å². The molecule has 0 saturated carbocycles. The third-order valence-electron chi connectivity index (χ3n) is 5.15. The molecule has 1 saturated heterocycles. The van der Waals surface area contributed by atoms with Crippen LogP contribution < -0.4 is 4.74 Å². The van der Waals surface area contributed by atoms with E-state index in [1.807, 2.05) is 0 Å². The average Bonchev–Trinajstić information content (AvgIpc) is 3.48. The maximum atomic E-state index is 13.3. The van der Waals surface area contributed by atoms with Gasteiger partial charge in [-0.1, -0.05) is 12.1 Å².